The minimum Gasteiger partial charge on any atom is -0.508 e. The molecule has 0 aliphatic carbocycles. The Balaban J connectivity index is 1.47. The molecule has 9 amide bonds. The van der Waals surface area contributed by atoms with Gasteiger partial charge in [-0.2, -0.15) is 0 Å². The Bertz CT molecular complexity index is 2360. The summed E-state index contributed by atoms with van der Waals surface area (Å²) in [6.45, 7) is 15.3. The molecule has 2 aromatic carbocycles. The van der Waals surface area contributed by atoms with Gasteiger partial charge in [-0.3, -0.25) is 43.2 Å². The van der Waals surface area contributed by atoms with Crippen LogP contribution in [0.5, 0.6) is 5.75 Å². The normalized spacial score (nSPS) is 16.1. The lowest BCUT2D eigenvalue weighted by Crippen LogP contribution is -2.60. The number of carbonyl (C=O) groups excluding carboxylic acids is 9. The summed E-state index contributed by atoms with van der Waals surface area (Å²) in [5, 5.41) is 29.6. The average molecular weight is 987 g/mol. The van der Waals surface area contributed by atoms with Gasteiger partial charge in [0.15, 0.2) is 0 Å². The monoisotopic (exact) mass is 987 g/mol. The molecular weight excluding hydrogens is 913 g/mol. The van der Waals surface area contributed by atoms with E-state index in [0.29, 0.717) is 18.4 Å². The van der Waals surface area contributed by atoms with Crippen LogP contribution in [-0.2, 0) is 56.0 Å². The second-order valence-corrected chi connectivity index (χ2v) is 20.0. The number of aromatic nitrogens is 1. The molecular formula is C51H74N10O10. The molecule has 4 rings (SSSR count). The minimum atomic E-state index is -1.22. The lowest BCUT2D eigenvalue weighted by molar-refractivity contribution is -0.143. The van der Waals surface area contributed by atoms with E-state index in [-0.39, 0.29) is 55.7 Å². The molecule has 3 aromatic rings. The van der Waals surface area contributed by atoms with Gasteiger partial charge in [0.05, 0.1) is 6.54 Å². The fourth-order valence-electron chi connectivity index (χ4n) is 8.60. The summed E-state index contributed by atoms with van der Waals surface area (Å²) in [5.41, 5.74) is 7.70. The van der Waals surface area contributed by atoms with Gasteiger partial charge in [-0.15, -0.1) is 0 Å². The number of amides is 9. The number of hydrogen-bond donors (Lipinski definition) is 10. The molecule has 0 spiro atoms. The van der Waals surface area contributed by atoms with E-state index < -0.39 is 108 Å². The number of likely N-dealkylation sites (tertiary alicyclic amines) is 1. The Hall–Kier alpha value is -6.99. The van der Waals surface area contributed by atoms with Gasteiger partial charge < -0.3 is 57.9 Å². The van der Waals surface area contributed by atoms with Crippen molar-refractivity contribution in [2.75, 3.05) is 13.1 Å². The van der Waals surface area contributed by atoms with Crippen LogP contribution in [0.4, 0.5) is 0 Å². The van der Waals surface area contributed by atoms with Crippen LogP contribution < -0.4 is 43.0 Å². The Morgan fingerprint density at radius 1 is 0.676 bits per heavy atom. The number of phenols is 1. The Kier molecular flexibility index (Phi) is 21.0. The highest BCUT2D eigenvalue weighted by Crippen LogP contribution is 2.23. The first-order valence-corrected chi connectivity index (χ1v) is 24.4. The summed E-state index contributed by atoms with van der Waals surface area (Å²) >= 11 is 0. The zero-order chi connectivity index (χ0) is 52.7. The molecule has 0 radical (unpaired) electrons. The minimum absolute atomic E-state index is 0.00209. The van der Waals surface area contributed by atoms with Crippen LogP contribution in [-0.4, -0.2) is 124 Å². The van der Waals surface area contributed by atoms with Gasteiger partial charge in [-0.25, -0.2) is 0 Å². The standard InChI is InChI=1S/C51H74N10O10/c1-27(2)21-37(55-31(9)62)46(66)58-40(24-33-25-53-36-14-11-10-13-35(33)36)49(69)60-44(30(7)8)51(71)61-20-12-15-41(61)50(70)54-26-42(64)56-38(22-28(3)4)47(67)57-39(23-32-16-18-34(63)19-17-32)48(68)59-43(29(5)6)45(52)65/h10-11,13-14,16-19,25,27-30,37-41,43-44,53,63H,12,15,20-24,26H2,1-9H3,(H2,52,65)(H,54,70)(H,55,62)(H,56,64)(H,57,67)(H,58,66)(H,59,68)(H,60,69)/t37-,38-,39-,40-,41+,43-,44-/m0/s1. The number of nitrogens with one attached hydrogen (secondary N) is 8. The number of phenolic OH excluding ortho intramolecular Hbond substituents is 1. The summed E-state index contributed by atoms with van der Waals surface area (Å²) in [6.07, 6.45) is 2.98. The lowest BCUT2D eigenvalue weighted by Gasteiger charge is -2.32. The molecule has 2 heterocycles. The van der Waals surface area contributed by atoms with Gasteiger partial charge in [0.2, 0.25) is 53.2 Å². The SMILES string of the molecule is CC(=O)N[C@@H](CC(C)C)C(=O)N[C@@H](Cc1c[nH]c2ccccc12)C(=O)N[C@H](C(=O)N1CCC[C@@H]1C(=O)NCC(=O)N[C@@H](CC(C)C)C(=O)N[C@@H](Cc1ccc(O)cc1)C(=O)N[C@H](C(N)=O)C(C)C)C(C)C. The van der Waals surface area contributed by atoms with Crippen molar-refractivity contribution in [1.82, 2.24) is 47.1 Å². The number of carbonyl (C=O) groups is 9. The first-order chi connectivity index (χ1) is 33.4. The number of fused-ring (bicyclic) bond motifs is 1. The predicted molar refractivity (Wildman–Crippen MR) is 267 cm³/mol. The zero-order valence-electron chi connectivity index (χ0n) is 42.3. The van der Waals surface area contributed by atoms with Crippen molar-refractivity contribution in [3.8, 4) is 5.75 Å². The lowest BCUT2D eigenvalue weighted by atomic mass is 9.98. The second-order valence-electron chi connectivity index (χ2n) is 20.0. The van der Waals surface area contributed by atoms with Gasteiger partial charge in [0.25, 0.3) is 0 Å². The van der Waals surface area contributed by atoms with Crippen LogP contribution in [0.3, 0.4) is 0 Å². The van der Waals surface area contributed by atoms with Crippen LogP contribution in [0.1, 0.15) is 99.1 Å². The third kappa shape index (κ3) is 16.8. The van der Waals surface area contributed by atoms with Crippen molar-refractivity contribution in [3.63, 3.8) is 0 Å². The van der Waals surface area contributed by atoms with Gasteiger partial charge >= 0.3 is 0 Å². The number of nitrogens with zero attached hydrogens (tertiary/aromatic N) is 1. The number of aromatic hydroxyl groups is 1. The molecule has 0 unspecified atom stereocenters. The average Bonchev–Trinajstić information content (AvgIpc) is 3.96. The quantitative estimate of drug-likeness (QED) is 0.0585. The fraction of sp³-hybridized carbons (Fsp3) is 0.549. The van der Waals surface area contributed by atoms with Gasteiger partial charge in [-0.1, -0.05) is 85.7 Å². The third-order valence-electron chi connectivity index (χ3n) is 12.3. The molecule has 7 atom stereocenters. The van der Waals surface area contributed by atoms with Crippen molar-refractivity contribution >= 4 is 64.1 Å². The summed E-state index contributed by atoms with van der Waals surface area (Å²) in [5.74, 6) is -6.51. The Labute approximate surface area is 415 Å². The van der Waals surface area contributed by atoms with E-state index in [0.717, 1.165) is 16.5 Å². The summed E-state index contributed by atoms with van der Waals surface area (Å²) in [7, 11) is 0. The van der Waals surface area contributed by atoms with Crippen molar-refractivity contribution in [2.45, 2.75) is 143 Å². The first kappa shape index (κ1) is 56.6. The molecule has 20 nitrogen and oxygen atoms in total. The number of H-pyrrole nitrogens is 1. The highest BCUT2D eigenvalue weighted by molar-refractivity contribution is 5.98. The maximum atomic E-state index is 14.4. The summed E-state index contributed by atoms with van der Waals surface area (Å²) in [4.78, 5) is 126. The van der Waals surface area contributed by atoms with E-state index in [1.807, 2.05) is 52.0 Å². The van der Waals surface area contributed by atoms with Crippen molar-refractivity contribution < 1.29 is 48.3 Å². The summed E-state index contributed by atoms with van der Waals surface area (Å²) < 4.78 is 0. The Morgan fingerprint density at radius 3 is 1.76 bits per heavy atom. The van der Waals surface area contributed by atoms with Crippen LogP contribution in [0.15, 0.2) is 54.7 Å². The van der Waals surface area contributed by atoms with E-state index in [1.165, 1.54) is 24.0 Å². The summed E-state index contributed by atoms with van der Waals surface area (Å²) in [6, 6.07) is 5.91. The fourth-order valence-corrected chi connectivity index (χ4v) is 8.60. The molecule has 1 saturated heterocycles. The largest absolute Gasteiger partial charge is 0.508 e. The molecule has 71 heavy (non-hydrogen) atoms. The number of benzene rings is 2. The molecule has 388 valence electrons. The number of aromatic amines is 1. The van der Waals surface area contributed by atoms with E-state index in [9.17, 15) is 48.3 Å². The van der Waals surface area contributed by atoms with Gasteiger partial charge in [0.1, 0.15) is 48.0 Å². The number of rotatable bonds is 25. The number of para-hydroxylation sites is 1. The molecule has 1 aromatic heterocycles. The van der Waals surface area contributed by atoms with E-state index in [2.05, 4.69) is 42.2 Å². The van der Waals surface area contributed by atoms with Gasteiger partial charge in [0, 0.05) is 43.4 Å². The van der Waals surface area contributed by atoms with Crippen LogP contribution >= 0.6 is 0 Å². The smallest absolute Gasteiger partial charge is 0.246 e. The molecule has 0 saturated carbocycles. The Morgan fingerprint density at radius 2 is 1.21 bits per heavy atom. The zero-order valence-corrected chi connectivity index (χ0v) is 42.3. The van der Waals surface area contributed by atoms with Crippen molar-refractivity contribution in [1.29, 1.82) is 0 Å². The van der Waals surface area contributed by atoms with Gasteiger partial charge in [-0.05, 0) is 78.7 Å². The van der Waals surface area contributed by atoms with Crippen molar-refractivity contribution in [3.05, 3.63) is 65.9 Å². The van der Waals surface area contributed by atoms with Crippen LogP contribution in [0.25, 0.3) is 10.9 Å². The molecule has 0 bridgehead atoms. The third-order valence-corrected chi connectivity index (χ3v) is 12.3. The van der Waals surface area contributed by atoms with E-state index in [4.69, 9.17) is 5.73 Å². The number of nitrogens with two attached hydrogens (primary N) is 1. The van der Waals surface area contributed by atoms with Crippen LogP contribution in [0, 0.1) is 23.7 Å². The highest BCUT2D eigenvalue weighted by atomic mass is 16.3. The van der Waals surface area contributed by atoms with E-state index >= 15 is 0 Å². The predicted octanol–water partition coefficient (Wildman–Crippen LogP) is 1.58. The van der Waals surface area contributed by atoms with E-state index in [1.54, 1.807) is 46.0 Å². The molecule has 1 aliphatic heterocycles. The van der Waals surface area contributed by atoms with Crippen LogP contribution in [0.2, 0.25) is 0 Å². The number of hydrogen-bond acceptors (Lipinski definition) is 10. The first-order valence-electron chi connectivity index (χ1n) is 24.4. The van der Waals surface area contributed by atoms with Crippen molar-refractivity contribution in [2.24, 2.45) is 29.4 Å². The number of primary amides is 1. The highest BCUT2D eigenvalue weighted by Gasteiger charge is 2.40. The molecule has 11 N–H and O–H groups in total. The maximum Gasteiger partial charge on any atom is 0.246 e. The maximum absolute atomic E-state index is 14.4. The molecule has 20 heteroatoms. The molecule has 1 aliphatic rings. The molecule has 1 fully saturated rings. The topological polar surface area (TPSA) is 303 Å². The second kappa shape index (κ2) is 26.3.